The molecule has 0 bridgehead atoms. The monoisotopic (exact) mass is 345 g/mol. The predicted molar refractivity (Wildman–Crippen MR) is 89.4 cm³/mol. The van der Waals surface area contributed by atoms with Crippen molar-refractivity contribution in [2.24, 2.45) is 0 Å². The lowest BCUT2D eigenvalue weighted by atomic mass is 10.2. The molecule has 0 atom stereocenters. The second-order valence-corrected chi connectivity index (χ2v) is 7.74. The van der Waals surface area contributed by atoms with Gasteiger partial charge in [-0.3, -0.25) is 0 Å². The van der Waals surface area contributed by atoms with Gasteiger partial charge >= 0.3 is 0 Å². The Bertz CT molecular complexity index is 964. The Morgan fingerprint density at radius 3 is 2.62 bits per heavy atom. The Hall–Kier alpha value is -2.47. The molecule has 0 N–H and O–H groups in total. The second kappa shape index (κ2) is 6.57. The van der Waals surface area contributed by atoms with Crippen LogP contribution in [0.1, 0.15) is 16.8 Å². The number of halogens is 1. The van der Waals surface area contributed by atoms with Gasteiger partial charge < -0.3 is 4.42 Å². The minimum Gasteiger partial charge on any atom is -0.444 e. The van der Waals surface area contributed by atoms with Crippen molar-refractivity contribution in [2.75, 3.05) is 0 Å². The molecule has 2 aromatic carbocycles. The van der Waals surface area contributed by atoms with Gasteiger partial charge in [0.05, 0.1) is 17.2 Å². The molecule has 0 aliphatic rings. The number of aromatic nitrogens is 1. The molecule has 0 radical (unpaired) electrons. The largest absolute Gasteiger partial charge is 0.444 e. The number of hydrogen-bond acceptors (Lipinski definition) is 4. The second-order valence-electron chi connectivity index (χ2n) is 5.68. The summed E-state index contributed by atoms with van der Waals surface area (Å²) in [6.07, 6.45) is 1.30. The summed E-state index contributed by atoms with van der Waals surface area (Å²) in [7, 11) is -3.38. The van der Waals surface area contributed by atoms with Crippen LogP contribution in [0.5, 0.6) is 0 Å². The zero-order chi connectivity index (χ0) is 17.2. The zero-order valence-corrected chi connectivity index (χ0v) is 13.9. The number of oxazole rings is 1. The van der Waals surface area contributed by atoms with Crippen molar-refractivity contribution in [1.29, 1.82) is 0 Å². The zero-order valence-electron chi connectivity index (χ0n) is 13.1. The van der Waals surface area contributed by atoms with E-state index in [1.54, 1.807) is 18.2 Å². The highest BCUT2D eigenvalue weighted by molar-refractivity contribution is 7.89. The SMILES string of the molecule is Cc1cccc(CS(=O)(=O)Cc2coc(-c3cccc(F)c3)n2)c1. The molecule has 6 heteroatoms. The van der Waals surface area contributed by atoms with Crippen LogP contribution in [0.15, 0.2) is 59.2 Å². The maximum absolute atomic E-state index is 13.2. The van der Waals surface area contributed by atoms with E-state index < -0.39 is 15.7 Å². The smallest absolute Gasteiger partial charge is 0.226 e. The first-order chi connectivity index (χ1) is 11.4. The van der Waals surface area contributed by atoms with Crippen molar-refractivity contribution in [3.05, 3.63) is 77.4 Å². The van der Waals surface area contributed by atoms with Crippen molar-refractivity contribution < 1.29 is 17.2 Å². The fourth-order valence-corrected chi connectivity index (χ4v) is 3.83. The summed E-state index contributed by atoms with van der Waals surface area (Å²) in [4.78, 5) is 4.15. The third-order valence-electron chi connectivity index (χ3n) is 3.46. The molecule has 0 fully saturated rings. The number of nitrogens with zero attached hydrogens (tertiary/aromatic N) is 1. The first-order valence-corrected chi connectivity index (χ1v) is 9.20. The Morgan fingerprint density at radius 1 is 1.08 bits per heavy atom. The molecular formula is C18H16FNO3S. The van der Waals surface area contributed by atoms with Crippen LogP contribution in [0.2, 0.25) is 0 Å². The van der Waals surface area contributed by atoms with Crippen LogP contribution in [0, 0.1) is 12.7 Å². The number of benzene rings is 2. The molecule has 0 aliphatic heterocycles. The van der Waals surface area contributed by atoms with Crippen LogP contribution >= 0.6 is 0 Å². The molecule has 0 unspecified atom stereocenters. The van der Waals surface area contributed by atoms with E-state index in [0.717, 1.165) is 11.1 Å². The highest BCUT2D eigenvalue weighted by atomic mass is 32.2. The van der Waals surface area contributed by atoms with Gasteiger partial charge in [0.1, 0.15) is 12.1 Å². The fraction of sp³-hybridized carbons (Fsp3) is 0.167. The van der Waals surface area contributed by atoms with Gasteiger partial charge in [-0.05, 0) is 30.7 Å². The number of aryl methyl sites for hydroxylation is 1. The van der Waals surface area contributed by atoms with Crippen molar-refractivity contribution in [2.45, 2.75) is 18.4 Å². The van der Waals surface area contributed by atoms with Crippen LogP contribution in [0.25, 0.3) is 11.5 Å². The van der Waals surface area contributed by atoms with Crippen molar-refractivity contribution in [1.82, 2.24) is 4.98 Å². The molecule has 0 amide bonds. The summed E-state index contributed by atoms with van der Waals surface area (Å²) in [5.41, 5.74) is 2.53. The van der Waals surface area contributed by atoms with Crippen LogP contribution in [-0.4, -0.2) is 13.4 Å². The van der Waals surface area contributed by atoms with Gasteiger partial charge in [-0.2, -0.15) is 0 Å². The molecule has 1 aromatic heterocycles. The minimum atomic E-state index is -3.38. The number of sulfone groups is 1. The van der Waals surface area contributed by atoms with Gasteiger partial charge in [-0.25, -0.2) is 17.8 Å². The lowest BCUT2D eigenvalue weighted by Crippen LogP contribution is -2.08. The first kappa shape index (κ1) is 16.4. The summed E-state index contributed by atoms with van der Waals surface area (Å²) in [6.45, 7) is 1.92. The predicted octanol–water partition coefficient (Wildman–Crippen LogP) is 3.90. The third-order valence-corrected chi connectivity index (χ3v) is 4.97. The van der Waals surface area contributed by atoms with E-state index in [-0.39, 0.29) is 17.4 Å². The topological polar surface area (TPSA) is 60.2 Å². The van der Waals surface area contributed by atoms with Crippen molar-refractivity contribution in [3.8, 4) is 11.5 Å². The van der Waals surface area contributed by atoms with Crippen molar-refractivity contribution >= 4 is 9.84 Å². The molecule has 0 spiro atoms. The van der Waals surface area contributed by atoms with E-state index in [0.29, 0.717) is 11.3 Å². The van der Waals surface area contributed by atoms with Crippen LogP contribution in [-0.2, 0) is 21.3 Å². The van der Waals surface area contributed by atoms with Gasteiger partial charge in [0, 0.05) is 5.56 Å². The minimum absolute atomic E-state index is 0.0587. The Balaban J connectivity index is 1.76. The van der Waals surface area contributed by atoms with Crippen molar-refractivity contribution in [3.63, 3.8) is 0 Å². The summed E-state index contributed by atoms with van der Waals surface area (Å²) < 4.78 is 43.2. The van der Waals surface area contributed by atoms with E-state index in [1.165, 1.54) is 18.4 Å². The lowest BCUT2D eigenvalue weighted by Gasteiger charge is -2.03. The van der Waals surface area contributed by atoms with Crippen LogP contribution < -0.4 is 0 Å². The highest BCUT2D eigenvalue weighted by Gasteiger charge is 2.17. The van der Waals surface area contributed by atoms with E-state index in [1.807, 2.05) is 25.1 Å². The summed E-state index contributed by atoms with van der Waals surface area (Å²) in [6, 6.07) is 13.2. The summed E-state index contributed by atoms with van der Waals surface area (Å²) in [5, 5.41) is 0. The normalized spacial score (nSPS) is 11.6. The molecule has 0 saturated carbocycles. The molecule has 124 valence electrons. The fourth-order valence-electron chi connectivity index (χ4n) is 2.46. The summed E-state index contributed by atoms with van der Waals surface area (Å²) >= 11 is 0. The Labute approximate surface area is 139 Å². The molecule has 0 saturated heterocycles. The van der Waals surface area contributed by atoms with Gasteiger partial charge in [-0.15, -0.1) is 0 Å². The van der Waals surface area contributed by atoms with Crippen LogP contribution in [0.4, 0.5) is 4.39 Å². The standard InChI is InChI=1S/C18H16FNO3S/c1-13-4-2-5-14(8-13)11-24(21,22)12-17-10-23-18(20-17)15-6-3-7-16(19)9-15/h2-10H,11-12H2,1H3. The average Bonchev–Trinajstić information content (AvgIpc) is 2.94. The van der Waals surface area contributed by atoms with Crippen LogP contribution in [0.3, 0.4) is 0 Å². The molecule has 3 aromatic rings. The van der Waals surface area contributed by atoms with Gasteiger partial charge in [0.15, 0.2) is 9.84 Å². The Kier molecular flexibility index (Phi) is 4.49. The molecule has 0 aliphatic carbocycles. The first-order valence-electron chi connectivity index (χ1n) is 7.38. The quantitative estimate of drug-likeness (QED) is 0.703. The van der Waals surface area contributed by atoms with E-state index in [2.05, 4.69) is 4.98 Å². The molecule has 4 nitrogen and oxygen atoms in total. The molecule has 3 rings (SSSR count). The van der Waals surface area contributed by atoms with E-state index in [9.17, 15) is 12.8 Å². The van der Waals surface area contributed by atoms with E-state index >= 15 is 0 Å². The number of hydrogen-bond donors (Lipinski definition) is 0. The molecular weight excluding hydrogens is 329 g/mol. The van der Waals surface area contributed by atoms with E-state index in [4.69, 9.17) is 4.42 Å². The Morgan fingerprint density at radius 2 is 1.88 bits per heavy atom. The molecule has 24 heavy (non-hydrogen) atoms. The van der Waals surface area contributed by atoms with Gasteiger partial charge in [0.25, 0.3) is 0 Å². The average molecular weight is 345 g/mol. The maximum atomic E-state index is 13.2. The highest BCUT2D eigenvalue weighted by Crippen LogP contribution is 2.21. The lowest BCUT2D eigenvalue weighted by molar-refractivity contribution is 0.570. The van der Waals surface area contributed by atoms with Gasteiger partial charge in [-0.1, -0.05) is 35.9 Å². The third kappa shape index (κ3) is 4.08. The molecule has 1 heterocycles. The summed E-state index contributed by atoms with van der Waals surface area (Å²) in [5.74, 6) is -0.481. The number of rotatable bonds is 5. The van der Waals surface area contributed by atoms with Gasteiger partial charge in [0.2, 0.25) is 5.89 Å². The maximum Gasteiger partial charge on any atom is 0.226 e.